The Morgan fingerprint density at radius 1 is 1.26 bits per heavy atom. The monoisotopic (exact) mass is 481 g/mol. The zero-order chi connectivity index (χ0) is 22.0. The zero-order valence-electron chi connectivity index (χ0n) is 16.6. The molecule has 1 aromatic carbocycles. The van der Waals surface area contributed by atoms with Crippen molar-refractivity contribution in [3.63, 3.8) is 0 Å². The number of carbonyl (C=O) groups is 2. The van der Waals surface area contributed by atoms with Gasteiger partial charge in [-0.3, -0.25) is 9.69 Å². The number of nitrogens with one attached hydrogen (secondary N) is 1. The van der Waals surface area contributed by atoms with Gasteiger partial charge in [-0.25, -0.2) is 4.79 Å². The first-order chi connectivity index (χ1) is 14.9. The lowest BCUT2D eigenvalue weighted by molar-refractivity contribution is -0.117. The summed E-state index contributed by atoms with van der Waals surface area (Å²) in [7, 11) is 0. The number of allylic oxidation sites excluding steroid dienone is 3. The SMILES string of the molecule is O=C(NC[C@H]1CN(c2ccc(N3CCOCC3)c(Cl)c2)C(=O)O1)C1=CC(Cl)=CCC1=S. The molecule has 2 fully saturated rings. The molecule has 1 atom stereocenters. The van der Waals surface area contributed by atoms with Crippen molar-refractivity contribution in [1.29, 1.82) is 0 Å². The topological polar surface area (TPSA) is 71.1 Å². The number of benzene rings is 1. The Morgan fingerprint density at radius 3 is 2.77 bits per heavy atom. The van der Waals surface area contributed by atoms with E-state index >= 15 is 0 Å². The van der Waals surface area contributed by atoms with E-state index in [9.17, 15) is 9.59 Å². The molecule has 2 amide bonds. The molecule has 0 spiro atoms. The number of carbonyl (C=O) groups excluding carboxylic acids is 2. The molecule has 3 aliphatic rings. The van der Waals surface area contributed by atoms with Crippen LogP contribution in [0.25, 0.3) is 0 Å². The summed E-state index contributed by atoms with van der Waals surface area (Å²) in [5.41, 5.74) is 1.93. The number of ether oxygens (including phenoxy) is 2. The summed E-state index contributed by atoms with van der Waals surface area (Å²) in [6.07, 6.45) is 2.80. The van der Waals surface area contributed by atoms with E-state index in [1.807, 2.05) is 12.1 Å². The highest BCUT2D eigenvalue weighted by atomic mass is 35.5. The Bertz CT molecular complexity index is 975. The third-order valence-electron chi connectivity index (χ3n) is 5.27. The Morgan fingerprint density at radius 2 is 2.03 bits per heavy atom. The van der Waals surface area contributed by atoms with Crippen LogP contribution in [0.3, 0.4) is 0 Å². The van der Waals surface area contributed by atoms with E-state index in [2.05, 4.69) is 10.2 Å². The van der Waals surface area contributed by atoms with Crippen molar-refractivity contribution in [3.05, 3.63) is 46.0 Å². The number of cyclic esters (lactones) is 1. The lowest BCUT2D eigenvalue weighted by Gasteiger charge is -2.30. The Hall–Kier alpha value is -2.13. The van der Waals surface area contributed by atoms with Crippen LogP contribution < -0.4 is 15.1 Å². The molecule has 1 aromatic rings. The van der Waals surface area contributed by atoms with Gasteiger partial charge in [0.2, 0.25) is 0 Å². The van der Waals surface area contributed by atoms with Gasteiger partial charge in [0, 0.05) is 35.1 Å². The highest BCUT2D eigenvalue weighted by molar-refractivity contribution is 7.81. The van der Waals surface area contributed by atoms with E-state index in [1.54, 1.807) is 18.2 Å². The number of halogens is 2. The lowest BCUT2D eigenvalue weighted by Crippen LogP contribution is -2.37. The third kappa shape index (κ3) is 5.03. The van der Waals surface area contributed by atoms with Crippen molar-refractivity contribution in [2.45, 2.75) is 12.5 Å². The molecule has 164 valence electrons. The summed E-state index contributed by atoms with van der Waals surface area (Å²) >= 11 is 17.7. The minimum Gasteiger partial charge on any atom is -0.442 e. The fraction of sp³-hybridized carbons (Fsp3) is 0.381. The first-order valence-electron chi connectivity index (χ1n) is 9.91. The predicted molar refractivity (Wildman–Crippen MR) is 124 cm³/mol. The number of hydrogen-bond acceptors (Lipinski definition) is 6. The third-order valence-corrected chi connectivity index (χ3v) is 6.22. The molecule has 0 aromatic heterocycles. The highest BCUT2D eigenvalue weighted by Gasteiger charge is 2.33. The Labute approximate surface area is 195 Å². The van der Waals surface area contributed by atoms with Gasteiger partial charge in [0.25, 0.3) is 5.91 Å². The summed E-state index contributed by atoms with van der Waals surface area (Å²) in [4.78, 5) is 29.0. The molecule has 0 saturated carbocycles. The van der Waals surface area contributed by atoms with Gasteiger partial charge in [0.05, 0.1) is 42.6 Å². The quantitative estimate of drug-likeness (QED) is 0.649. The average molecular weight is 482 g/mol. The van der Waals surface area contributed by atoms with Gasteiger partial charge >= 0.3 is 6.09 Å². The van der Waals surface area contributed by atoms with Crippen LogP contribution in [0.5, 0.6) is 0 Å². The standard InChI is InChI=1S/C21H21Cl2N3O4S/c22-13-1-4-19(31)16(9-13)20(27)24-11-15-12-26(21(28)30-15)14-2-3-18(17(23)10-14)25-5-7-29-8-6-25/h1-3,9-10,15H,4-8,11-12H2,(H,24,27)/t15-/m0/s1. The maximum Gasteiger partial charge on any atom is 0.414 e. The summed E-state index contributed by atoms with van der Waals surface area (Å²) < 4.78 is 10.8. The second-order valence-electron chi connectivity index (χ2n) is 7.34. The van der Waals surface area contributed by atoms with Crippen LogP contribution in [0, 0.1) is 0 Å². The first-order valence-corrected chi connectivity index (χ1v) is 11.1. The van der Waals surface area contributed by atoms with Crippen LogP contribution in [0.1, 0.15) is 6.42 Å². The number of hydrogen-bond donors (Lipinski definition) is 1. The number of amides is 2. The highest BCUT2D eigenvalue weighted by Crippen LogP contribution is 2.32. The zero-order valence-corrected chi connectivity index (χ0v) is 18.9. The van der Waals surface area contributed by atoms with Gasteiger partial charge in [-0.2, -0.15) is 0 Å². The number of thiocarbonyl (C=S) groups is 1. The number of anilines is 2. The Kier molecular flexibility index (Phi) is 6.81. The Balaban J connectivity index is 1.37. The molecule has 4 rings (SSSR count). The predicted octanol–water partition coefficient (Wildman–Crippen LogP) is 3.44. The van der Waals surface area contributed by atoms with Crippen molar-refractivity contribution >= 4 is 63.7 Å². The maximum atomic E-state index is 12.4. The first kappa shape index (κ1) is 22.1. The second kappa shape index (κ2) is 9.56. The smallest absolute Gasteiger partial charge is 0.414 e. The molecule has 0 unspecified atom stereocenters. The minimum absolute atomic E-state index is 0.169. The second-order valence-corrected chi connectivity index (χ2v) is 8.67. The largest absolute Gasteiger partial charge is 0.442 e. The normalized spacial score (nSPS) is 21.5. The molecule has 7 nitrogen and oxygen atoms in total. The van der Waals surface area contributed by atoms with E-state index in [1.165, 1.54) is 4.90 Å². The van der Waals surface area contributed by atoms with Gasteiger partial charge in [-0.15, -0.1) is 0 Å². The fourth-order valence-corrected chi connectivity index (χ4v) is 4.35. The van der Waals surface area contributed by atoms with Gasteiger partial charge < -0.3 is 19.7 Å². The van der Waals surface area contributed by atoms with E-state index in [0.717, 1.165) is 18.8 Å². The van der Waals surface area contributed by atoms with Crippen LogP contribution in [0.2, 0.25) is 5.02 Å². The molecule has 10 heteroatoms. The van der Waals surface area contributed by atoms with E-state index < -0.39 is 12.2 Å². The number of morpholine rings is 1. The molecule has 2 saturated heterocycles. The maximum absolute atomic E-state index is 12.4. The summed E-state index contributed by atoms with van der Waals surface area (Å²) in [5.74, 6) is -0.330. The average Bonchev–Trinajstić information content (AvgIpc) is 3.14. The number of nitrogens with zero attached hydrogens (tertiary/aromatic N) is 2. The van der Waals surface area contributed by atoms with Gasteiger partial charge in [0.15, 0.2) is 0 Å². The van der Waals surface area contributed by atoms with Gasteiger partial charge in [0.1, 0.15) is 6.10 Å². The minimum atomic E-state index is -0.488. The summed E-state index contributed by atoms with van der Waals surface area (Å²) in [6, 6.07) is 5.51. The van der Waals surface area contributed by atoms with Crippen LogP contribution in [-0.4, -0.2) is 62.4 Å². The fourth-order valence-electron chi connectivity index (χ4n) is 3.63. The molecule has 1 aliphatic carbocycles. The molecule has 0 radical (unpaired) electrons. The van der Waals surface area contributed by atoms with Gasteiger partial charge in [-0.05, 0) is 24.3 Å². The molecular weight excluding hydrogens is 461 g/mol. The molecular formula is C21H21Cl2N3O4S. The van der Waals surface area contributed by atoms with E-state index in [-0.39, 0.29) is 12.5 Å². The van der Waals surface area contributed by atoms with Crippen molar-refractivity contribution in [2.75, 3.05) is 49.2 Å². The summed E-state index contributed by atoms with van der Waals surface area (Å²) in [5, 5.41) is 3.82. The molecule has 2 aliphatic heterocycles. The van der Waals surface area contributed by atoms with Crippen LogP contribution in [-0.2, 0) is 14.3 Å². The van der Waals surface area contributed by atoms with Crippen molar-refractivity contribution < 1.29 is 19.1 Å². The van der Waals surface area contributed by atoms with Crippen molar-refractivity contribution in [1.82, 2.24) is 5.32 Å². The molecule has 1 N–H and O–H groups in total. The van der Waals surface area contributed by atoms with Crippen LogP contribution in [0.4, 0.5) is 16.2 Å². The van der Waals surface area contributed by atoms with Crippen molar-refractivity contribution in [3.8, 4) is 0 Å². The van der Waals surface area contributed by atoms with Crippen LogP contribution in [0.15, 0.2) is 41.0 Å². The molecule has 0 bridgehead atoms. The van der Waals surface area contributed by atoms with E-state index in [4.69, 9.17) is 44.9 Å². The molecule has 2 heterocycles. The van der Waals surface area contributed by atoms with Crippen molar-refractivity contribution in [2.24, 2.45) is 0 Å². The number of rotatable bonds is 5. The van der Waals surface area contributed by atoms with Crippen LogP contribution >= 0.6 is 35.4 Å². The van der Waals surface area contributed by atoms with Gasteiger partial charge in [-0.1, -0.05) is 41.5 Å². The lowest BCUT2D eigenvalue weighted by atomic mass is 10.0. The van der Waals surface area contributed by atoms with E-state index in [0.29, 0.717) is 52.4 Å². The molecule has 31 heavy (non-hydrogen) atoms. The summed E-state index contributed by atoms with van der Waals surface area (Å²) in [6.45, 7) is 3.33.